The Morgan fingerprint density at radius 3 is 2.66 bits per heavy atom. The molecule has 1 atom stereocenters. The number of hydrogen-bond acceptors (Lipinski definition) is 7. The number of thioether (sulfide) groups is 1. The van der Waals surface area contributed by atoms with E-state index in [1.807, 2.05) is 42.7 Å². The number of aryl methyl sites for hydroxylation is 1. The molecule has 0 N–H and O–H groups in total. The highest BCUT2D eigenvalue weighted by atomic mass is 32.2. The first kappa shape index (κ1) is 26.1. The number of benzene rings is 2. The minimum absolute atomic E-state index is 0.0245. The number of amides is 1. The maximum Gasteiger partial charge on any atom is 0.309 e. The predicted molar refractivity (Wildman–Crippen MR) is 144 cm³/mol. The van der Waals surface area contributed by atoms with Crippen molar-refractivity contribution in [2.45, 2.75) is 50.6 Å². The summed E-state index contributed by atoms with van der Waals surface area (Å²) in [6.45, 7) is 7.32. The van der Waals surface area contributed by atoms with Gasteiger partial charge in [-0.25, -0.2) is 9.37 Å². The minimum atomic E-state index is -0.431. The summed E-state index contributed by atoms with van der Waals surface area (Å²) in [7, 11) is 0. The largest absolute Gasteiger partial charge is 0.466 e. The highest BCUT2D eigenvalue weighted by Gasteiger charge is 2.31. The lowest BCUT2D eigenvalue weighted by Crippen LogP contribution is -2.43. The molecule has 1 aliphatic heterocycles. The van der Waals surface area contributed by atoms with Gasteiger partial charge < -0.3 is 14.2 Å². The second-order valence-corrected chi connectivity index (χ2v) is 10.9. The van der Waals surface area contributed by atoms with Crippen LogP contribution in [-0.2, 0) is 20.9 Å². The second-order valence-electron chi connectivity index (χ2n) is 9.58. The number of nitrogens with zero attached hydrogens (tertiary/aromatic N) is 5. The Morgan fingerprint density at radius 2 is 1.92 bits per heavy atom. The molecule has 1 saturated heterocycles. The molecule has 0 radical (unpaired) electrons. The van der Waals surface area contributed by atoms with E-state index < -0.39 is 5.25 Å². The van der Waals surface area contributed by atoms with Gasteiger partial charge in [-0.15, -0.1) is 10.2 Å². The molecule has 5 rings (SSSR count). The van der Waals surface area contributed by atoms with E-state index in [9.17, 15) is 14.0 Å². The Bertz CT molecular complexity index is 1500. The van der Waals surface area contributed by atoms with E-state index >= 15 is 0 Å². The first-order valence-corrected chi connectivity index (χ1v) is 13.7. The molecule has 2 aromatic carbocycles. The molecule has 1 amide bonds. The summed E-state index contributed by atoms with van der Waals surface area (Å²) in [4.78, 5) is 31.8. The Hall–Kier alpha value is -3.53. The molecule has 0 aliphatic carbocycles. The van der Waals surface area contributed by atoms with Crippen molar-refractivity contribution in [3.05, 3.63) is 59.4 Å². The standard InChI is InChI=1S/C28H30FN5O3S/c1-4-37-27(36)19-11-13-33(14-12-19)26(35)18(3)38-28-30-25-24(31-32-28)21-15-17(2)9-10-23(21)34(25)16-20-7-5-6-8-22(20)29/h5-10,15,18-19H,4,11-14,16H2,1-3H3. The van der Waals surface area contributed by atoms with Crippen LogP contribution in [0.3, 0.4) is 0 Å². The van der Waals surface area contributed by atoms with Gasteiger partial charge in [0, 0.05) is 24.0 Å². The lowest BCUT2D eigenvalue weighted by molar-refractivity contribution is -0.151. The molecular weight excluding hydrogens is 505 g/mol. The van der Waals surface area contributed by atoms with Gasteiger partial charge in [-0.05, 0) is 51.8 Å². The SMILES string of the molecule is CCOC(=O)C1CCN(C(=O)C(C)Sc2nnc3c4cc(C)ccc4n(Cc4ccccc4F)c3n2)CC1. The number of fused-ring (bicyclic) bond motifs is 3. The third-order valence-electron chi connectivity index (χ3n) is 6.95. The quantitative estimate of drug-likeness (QED) is 0.249. The van der Waals surface area contributed by atoms with Crippen LogP contribution in [0.15, 0.2) is 47.6 Å². The number of likely N-dealkylation sites (tertiary alicyclic amines) is 1. The maximum absolute atomic E-state index is 14.5. The zero-order chi connectivity index (χ0) is 26.8. The number of carbonyl (C=O) groups excluding carboxylic acids is 2. The summed E-state index contributed by atoms with van der Waals surface area (Å²) in [6, 6.07) is 12.7. The molecule has 2 aromatic heterocycles. The van der Waals surface area contributed by atoms with Crippen LogP contribution >= 0.6 is 11.8 Å². The van der Waals surface area contributed by atoms with Crippen LogP contribution in [0.2, 0.25) is 0 Å². The van der Waals surface area contributed by atoms with Crippen molar-refractivity contribution in [2.75, 3.05) is 19.7 Å². The fourth-order valence-electron chi connectivity index (χ4n) is 4.92. The van der Waals surface area contributed by atoms with Gasteiger partial charge in [0.25, 0.3) is 0 Å². The number of aromatic nitrogens is 4. The highest BCUT2D eigenvalue weighted by molar-refractivity contribution is 8.00. The van der Waals surface area contributed by atoms with Gasteiger partial charge in [0.2, 0.25) is 11.1 Å². The monoisotopic (exact) mass is 535 g/mol. The van der Waals surface area contributed by atoms with Crippen LogP contribution in [-0.4, -0.2) is 61.5 Å². The molecule has 38 heavy (non-hydrogen) atoms. The molecule has 1 unspecified atom stereocenters. The summed E-state index contributed by atoms with van der Waals surface area (Å²) >= 11 is 1.25. The second kappa shape index (κ2) is 11.1. The Kier molecular flexibility index (Phi) is 7.60. The summed E-state index contributed by atoms with van der Waals surface area (Å²) in [5.74, 6) is -0.645. The zero-order valence-electron chi connectivity index (χ0n) is 21.7. The molecule has 3 heterocycles. The molecule has 0 bridgehead atoms. The number of ether oxygens (including phenoxy) is 1. The summed E-state index contributed by atoms with van der Waals surface area (Å²) in [5, 5.41) is 9.67. The third-order valence-corrected chi connectivity index (χ3v) is 7.88. The van der Waals surface area contributed by atoms with Gasteiger partial charge in [0.05, 0.1) is 29.8 Å². The molecule has 1 fully saturated rings. The van der Waals surface area contributed by atoms with E-state index in [0.29, 0.717) is 61.0 Å². The highest BCUT2D eigenvalue weighted by Crippen LogP contribution is 2.31. The topological polar surface area (TPSA) is 90.2 Å². The zero-order valence-corrected chi connectivity index (χ0v) is 22.5. The molecule has 4 aromatic rings. The Balaban J connectivity index is 1.38. The molecule has 1 aliphatic rings. The fraction of sp³-hybridized carbons (Fsp3) is 0.393. The van der Waals surface area contributed by atoms with Crippen molar-refractivity contribution in [1.29, 1.82) is 0 Å². The van der Waals surface area contributed by atoms with Gasteiger partial charge in [-0.1, -0.05) is 41.6 Å². The maximum atomic E-state index is 14.5. The van der Waals surface area contributed by atoms with Crippen molar-refractivity contribution in [2.24, 2.45) is 5.92 Å². The molecule has 198 valence electrons. The average Bonchev–Trinajstić information content (AvgIpc) is 3.21. The van der Waals surface area contributed by atoms with Crippen molar-refractivity contribution in [3.63, 3.8) is 0 Å². The summed E-state index contributed by atoms with van der Waals surface area (Å²) in [6.07, 6.45) is 1.20. The molecular formula is C28H30FN5O3S. The summed E-state index contributed by atoms with van der Waals surface area (Å²) in [5.41, 5.74) is 3.76. The summed E-state index contributed by atoms with van der Waals surface area (Å²) < 4.78 is 21.6. The van der Waals surface area contributed by atoms with E-state index in [-0.39, 0.29) is 23.6 Å². The minimum Gasteiger partial charge on any atom is -0.466 e. The number of hydrogen-bond donors (Lipinski definition) is 0. The van der Waals surface area contributed by atoms with E-state index in [1.54, 1.807) is 24.0 Å². The van der Waals surface area contributed by atoms with Crippen molar-refractivity contribution in [3.8, 4) is 0 Å². The smallest absolute Gasteiger partial charge is 0.309 e. The van der Waals surface area contributed by atoms with Gasteiger partial charge in [0.15, 0.2) is 5.65 Å². The van der Waals surface area contributed by atoms with Crippen LogP contribution in [0.4, 0.5) is 4.39 Å². The molecule has 10 heteroatoms. The molecule has 0 spiro atoms. The normalized spacial score (nSPS) is 15.2. The van der Waals surface area contributed by atoms with Crippen LogP contribution in [0.1, 0.15) is 37.8 Å². The van der Waals surface area contributed by atoms with Gasteiger partial charge >= 0.3 is 5.97 Å². The van der Waals surface area contributed by atoms with Crippen LogP contribution in [0.5, 0.6) is 0 Å². The number of halogens is 1. The third kappa shape index (κ3) is 5.22. The number of esters is 1. The van der Waals surface area contributed by atoms with Crippen LogP contribution in [0.25, 0.3) is 22.1 Å². The first-order chi connectivity index (χ1) is 18.4. The average molecular weight is 536 g/mol. The predicted octanol–water partition coefficient (Wildman–Crippen LogP) is 4.76. The van der Waals surface area contributed by atoms with Gasteiger partial charge in [-0.3, -0.25) is 9.59 Å². The Labute approximate surface area is 224 Å². The Morgan fingerprint density at radius 1 is 1.16 bits per heavy atom. The van der Waals surface area contributed by atoms with Crippen molar-refractivity contribution >= 4 is 45.7 Å². The van der Waals surface area contributed by atoms with E-state index in [1.165, 1.54) is 17.8 Å². The fourth-order valence-corrected chi connectivity index (χ4v) is 5.72. The number of piperidine rings is 1. The number of carbonyl (C=O) groups is 2. The lowest BCUT2D eigenvalue weighted by atomic mass is 9.97. The lowest BCUT2D eigenvalue weighted by Gasteiger charge is -2.32. The molecule has 0 saturated carbocycles. The van der Waals surface area contributed by atoms with Gasteiger partial charge in [-0.2, -0.15) is 0 Å². The van der Waals surface area contributed by atoms with E-state index in [4.69, 9.17) is 9.72 Å². The van der Waals surface area contributed by atoms with Crippen LogP contribution < -0.4 is 0 Å². The van der Waals surface area contributed by atoms with Crippen LogP contribution in [0, 0.1) is 18.7 Å². The van der Waals surface area contributed by atoms with Crippen molar-refractivity contribution < 1.29 is 18.7 Å². The molecule has 8 nitrogen and oxygen atoms in total. The van der Waals surface area contributed by atoms with Crippen molar-refractivity contribution in [1.82, 2.24) is 24.6 Å². The van der Waals surface area contributed by atoms with Gasteiger partial charge in [0.1, 0.15) is 11.3 Å². The number of rotatable bonds is 7. The van der Waals surface area contributed by atoms with E-state index in [0.717, 1.165) is 16.5 Å². The van der Waals surface area contributed by atoms with E-state index in [2.05, 4.69) is 10.2 Å². The first-order valence-electron chi connectivity index (χ1n) is 12.8.